The van der Waals surface area contributed by atoms with Gasteiger partial charge in [-0.2, -0.15) is 9.78 Å². The van der Waals surface area contributed by atoms with Gasteiger partial charge in [-0.3, -0.25) is 4.98 Å². The Morgan fingerprint density at radius 3 is 2.13 bits per heavy atom. The number of rotatable bonds is 6. The van der Waals surface area contributed by atoms with Gasteiger partial charge in [0, 0.05) is 25.5 Å². The fraction of sp³-hybridized carbons (Fsp3) is 0.208. The van der Waals surface area contributed by atoms with E-state index in [9.17, 15) is 22.0 Å². The summed E-state index contributed by atoms with van der Waals surface area (Å²) in [4.78, 5) is 19.1. The SMILES string of the molecule is CCN(CC)c1ccc(/N=C2/C(c3c(F)c(F)c(F)c(F)c3F)=Nn3c2nnc3-c2cnccn2)c(C)n1. The Balaban J connectivity index is 1.74. The van der Waals surface area contributed by atoms with Crippen LogP contribution in [-0.4, -0.2) is 54.3 Å². The smallest absolute Gasteiger partial charge is 0.206 e. The van der Waals surface area contributed by atoms with Crippen LogP contribution in [0.3, 0.4) is 0 Å². The second-order valence-corrected chi connectivity index (χ2v) is 8.05. The molecule has 1 aliphatic rings. The average molecular weight is 527 g/mol. The van der Waals surface area contributed by atoms with Crippen LogP contribution in [-0.2, 0) is 0 Å². The van der Waals surface area contributed by atoms with Crippen molar-refractivity contribution < 1.29 is 22.0 Å². The van der Waals surface area contributed by atoms with Crippen molar-refractivity contribution in [2.45, 2.75) is 20.8 Å². The zero-order chi connectivity index (χ0) is 27.1. The van der Waals surface area contributed by atoms with Gasteiger partial charge >= 0.3 is 0 Å². The van der Waals surface area contributed by atoms with E-state index < -0.39 is 40.4 Å². The summed E-state index contributed by atoms with van der Waals surface area (Å²) in [5.74, 6) is -10.0. The highest BCUT2D eigenvalue weighted by Crippen LogP contribution is 2.31. The van der Waals surface area contributed by atoms with Crippen molar-refractivity contribution in [3.8, 4) is 11.5 Å². The van der Waals surface area contributed by atoms with Gasteiger partial charge in [0.1, 0.15) is 22.9 Å². The van der Waals surface area contributed by atoms with Crippen molar-refractivity contribution in [2.75, 3.05) is 18.0 Å². The van der Waals surface area contributed by atoms with E-state index in [1.54, 1.807) is 19.1 Å². The van der Waals surface area contributed by atoms with Crippen molar-refractivity contribution in [1.29, 1.82) is 0 Å². The molecular weight excluding hydrogens is 509 g/mol. The molecule has 1 aromatic carbocycles. The number of aryl methyl sites for hydroxylation is 1. The Kier molecular flexibility index (Phi) is 6.38. The van der Waals surface area contributed by atoms with Crippen LogP contribution in [0, 0.1) is 36.0 Å². The summed E-state index contributed by atoms with van der Waals surface area (Å²) in [5, 5.41) is 12.1. The van der Waals surface area contributed by atoms with Crippen LogP contribution in [0.2, 0.25) is 0 Å². The Hall–Kier alpha value is -4.62. The van der Waals surface area contributed by atoms with E-state index in [0.717, 1.165) is 4.68 Å². The number of halogens is 5. The number of pyridine rings is 1. The fourth-order valence-corrected chi connectivity index (χ4v) is 3.94. The molecule has 4 heterocycles. The number of fused-ring (bicyclic) bond motifs is 1. The van der Waals surface area contributed by atoms with E-state index in [4.69, 9.17) is 0 Å². The molecule has 0 bridgehead atoms. The van der Waals surface area contributed by atoms with Crippen molar-refractivity contribution >= 4 is 22.9 Å². The molecule has 0 atom stereocenters. The van der Waals surface area contributed by atoms with Gasteiger partial charge in [-0.1, -0.05) is 0 Å². The number of aliphatic imine (C=N–C) groups is 1. The minimum absolute atomic E-state index is 0.0198. The lowest BCUT2D eigenvalue weighted by atomic mass is 10.0. The van der Waals surface area contributed by atoms with Gasteiger partial charge < -0.3 is 4.90 Å². The molecule has 194 valence electrons. The summed E-state index contributed by atoms with van der Waals surface area (Å²) in [7, 11) is 0. The van der Waals surface area contributed by atoms with Gasteiger partial charge in [-0.25, -0.2) is 36.9 Å². The lowest BCUT2D eigenvalue weighted by molar-refractivity contribution is 0.377. The van der Waals surface area contributed by atoms with Gasteiger partial charge in [0.25, 0.3) is 0 Å². The van der Waals surface area contributed by atoms with Crippen LogP contribution in [0.5, 0.6) is 0 Å². The lowest BCUT2D eigenvalue weighted by Crippen LogP contribution is -2.23. The first-order valence-electron chi connectivity index (χ1n) is 11.4. The Labute approximate surface area is 212 Å². The van der Waals surface area contributed by atoms with E-state index in [-0.39, 0.29) is 28.7 Å². The van der Waals surface area contributed by atoms with Crippen LogP contribution in [0.4, 0.5) is 33.5 Å². The largest absolute Gasteiger partial charge is 0.357 e. The highest BCUT2D eigenvalue weighted by molar-refractivity contribution is 6.54. The van der Waals surface area contributed by atoms with Gasteiger partial charge in [-0.15, -0.1) is 10.2 Å². The molecule has 0 saturated heterocycles. The number of hydrogen-bond acceptors (Lipinski definition) is 8. The van der Waals surface area contributed by atoms with E-state index in [1.807, 2.05) is 18.7 Å². The second kappa shape index (κ2) is 9.68. The summed E-state index contributed by atoms with van der Waals surface area (Å²) >= 11 is 0. The van der Waals surface area contributed by atoms with Crippen LogP contribution in [0.1, 0.15) is 30.9 Å². The molecule has 0 unspecified atom stereocenters. The molecule has 14 heteroatoms. The number of hydrogen-bond donors (Lipinski definition) is 0. The maximum absolute atomic E-state index is 14.9. The molecule has 0 fully saturated rings. The summed E-state index contributed by atoms with van der Waals surface area (Å²) in [5.41, 5.74) is -1.22. The summed E-state index contributed by atoms with van der Waals surface area (Å²) in [6.07, 6.45) is 4.14. The standard InChI is InChI=1S/C24H18F5N9/c1-4-37(5-2)14-7-6-12(11(3)32-14)33-22-21(15-16(25)18(27)20(29)19(28)17(15)26)36-38-23(34-35-24(22)38)13-10-30-8-9-31-13/h6-10H,4-5H2,1-3H3/b33-22-. The van der Waals surface area contributed by atoms with Crippen LogP contribution in [0.15, 0.2) is 40.8 Å². The highest BCUT2D eigenvalue weighted by atomic mass is 19.2. The molecule has 0 N–H and O–H groups in total. The monoisotopic (exact) mass is 527 g/mol. The minimum Gasteiger partial charge on any atom is -0.357 e. The molecule has 9 nitrogen and oxygen atoms in total. The van der Waals surface area contributed by atoms with Crippen molar-refractivity contribution in [3.63, 3.8) is 0 Å². The first-order valence-corrected chi connectivity index (χ1v) is 11.4. The maximum atomic E-state index is 14.9. The summed E-state index contributed by atoms with van der Waals surface area (Å²) in [6, 6.07) is 3.33. The quantitative estimate of drug-likeness (QED) is 0.210. The first kappa shape index (κ1) is 25.0. The topological polar surface area (TPSA) is 97.3 Å². The molecule has 0 aliphatic carbocycles. The fourth-order valence-electron chi connectivity index (χ4n) is 3.94. The van der Waals surface area contributed by atoms with Gasteiger partial charge in [0.2, 0.25) is 17.5 Å². The van der Waals surface area contributed by atoms with E-state index in [2.05, 4.69) is 35.2 Å². The van der Waals surface area contributed by atoms with Gasteiger partial charge in [0.15, 0.2) is 23.3 Å². The molecule has 3 aromatic heterocycles. The maximum Gasteiger partial charge on any atom is 0.206 e. The third-order valence-electron chi connectivity index (χ3n) is 5.88. The lowest BCUT2D eigenvalue weighted by Gasteiger charge is -2.20. The molecule has 4 aromatic rings. The highest BCUT2D eigenvalue weighted by Gasteiger charge is 2.37. The van der Waals surface area contributed by atoms with Crippen LogP contribution < -0.4 is 4.90 Å². The number of anilines is 1. The zero-order valence-electron chi connectivity index (χ0n) is 20.2. The second-order valence-electron chi connectivity index (χ2n) is 8.05. The van der Waals surface area contributed by atoms with E-state index in [1.165, 1.54) is 18.6 Å². The van der Waals surface area contributed by atoms with Crippen molar-refractivity contribution in [2.24, 2.45) is 10.1 Å². The van der Waals surface area contributed by atoms with Crippen molar-refractivity contribution in [3.05, 3.63) is 76.9 Å². The van der Waals surface area contributed by atoms with E-state index >= 15 is 0 Å². The molecule has 0 radical (unpaired) electrons. The summed E-state index contributed by atoms with van der Waals surface area (Å²) < 4.78 is 72.9. The van der Waals surface area contributed by atoms with Gasteiger partial charge in [-0.05, 0) is 32.9 Å². The van der Waals surface area contributed by atoms with Crippen LogP contribution in [0.25, 0.3) is 11.5 Å². The van der Waals surface area contributed by atoms with Gasteiger partial charge in [0.05, 0.1) is 23.1 Å². The van der Waals surface area contributed by atoms with Crippen LogP contribution >= 0.6 is 0 Å². The molecule has 0 spiro atoms. The van der Waals surface area contributed by atoms with E-state index in [0.29, 0.717) is 24.6 Å². The molecule has 38 heavy (non-hydrogen) atoms. The zero-order valence-corrected chi connectivity index (χ0v) is 20.2. The first-order chi connectivity index (χ1) is 18.3. The third-order valence-corrected chi connectivity index (χ3v) is 5.88. The van der Waals surface area contributed by atoms with Crippen molar-refractivity contribution in [1.82, 2.24) is 29.8 Å². The number of nitrogens with zero attached hydrogens (tertiary/aromatic N) is 9. The molecule has 5 rings (SSSR count). The average Bonchev–Trinajstić information content (AvgIpc) is 3.49. The molecule has 1 aliphatic heterocycles. The Bertz CT molecular complexity index is 1580. The minimum atomic E-state index is -2.28. The predicted octanol–water partition coefficient (Wildman–Crippen LogP) is 4.37. The summed E-state index contributed by atoms with van der Waals surface area (Å²) in [6.45, 7) is 7.04. The number of benzene rings is 1. The Morgan fingerprint density at radius 2 is 1.53 bits per heavy atom. The molecule has 0 saturated carbocycles. The Morgan fingerprint density at radius 1 is 0.868 bits per heavy atom. The normalized spacial score (nSPS) is 13.7. The molecular formula is C24H18F5N9. The molecule has 0 amide bonds. The predicted molar refractivity (Wildman–Crippen MR) is 128 cm³/mol. The number of aromatic nitrogens is 6. The third kappa shape index (κ3) is 3.97.